The fourth-order valence-corrected chi connectivity index (χ4v) is 2.24. The van der Waals surface area contributed by atoms with Gasteiger partial charge >= 0.3 is 0 Å². The molecule has 0 amide bonds. The maximum Gasteiger partial charge on any atom is 0.154 e. The van der Waals surface area contributed by atoms with Crippen molar-refractivity contribution in [1.29, 1.82) is 0 Å². The molecule has 0 aromatic carbocycles. The van der Waals surface area contributed by atoms with Gasteiger partial charge in [-0.2, -0.15) is 0 Å². The number of hydrogen-bond acceptors (Lipinski definition) is 4. The Hall–Kier alpha value is -1.00. The Morgan fingerprint density at radius 3 is 2.37 bits per heavy atom. The average molecular weight is 265 g/mol. The van der Waals surface area contributed by atoms with Crippen molar-refractivity contribution in [3.8, 4) is 0 Å². The first-order valence-electron chi connectivity index (χ1n) is 7.11. The molecule has 1 aromatic rings. The quantitative estimate of drug-likeness (QED) is 0.733. The van der Waals surface area contributed by atoms with Crippen LogP contribution in [0.1, 0.15) is 43.0 Å². The van der Waals surface area contributed by atoms with Crippen LogP contribution in [0.15, 0.2) is 0 Å². The van der Waals surface area contributed by atoms with Gasteiger partial charge in [0.2, 0.25) is 0 Å². The van der Waals surface area contributed by atoms with Gasteiger partial charge < -0.3 is 10.1 Å². The van der Waals surface area contributed by atoms with Crippen molar-refractivity contribution in [2.75, 3.05) is 20.2 Å². The Balaban J connectivity index is 2.67. The Morgan fingerprint density at radius 1 is 1.21 bits per heavy atom. The van der Waals surface area contributed by atoms with Gasteiger partial charge in [0, 0.05) is 18.5 Å². The van der Waals surface area contributed by atoms with E-state index in [4.69, 9.17) is 4.74 Å². The van der Waals surface area contributed by atoms with Crippen LogP contribution in [0.3, 0.4) is 0 Å². The summed E-state index contributed by atoms with van der Waals surface area (Å²) in [4.78, 5) is 9.03. The summed E-state index contributed by atoms with van der Waals surface area (Å²) in [6, 6.07) is 0. The van der Waals surface area contributed by atoms with Gasteiger partial charge in [0.15, 0.2) is 5.82 Å². The molecule has 0 spiro atoms. The smallest absolute Gasteiger partial charge is 0.154 e. The highest BCUT2D eigenvalue weighted by atomic mass is 16.5. The normalized spacial score (nSPS) is 12.7. The lowest BCUT2D eigenvalue weighted by molar-refractivity contribution is 0.177. The van der Waals surface area contributed by atoms with E-state index < -0.39 is 0 Å². The van der Waals surface area contributed by atoms with Crippen LogP contribution in [-0.4, -0.2) is 30.2 Å². The molecule has 0 fully saturated rings. The molecule has 1 heterocycles. The summed E-state index contributed by atoms with van der Waals surface area (Å²) in [6.45, 7) is 11.2. The van der Waals surface area contributed by atoms with E-state index in [1.165, 1.54) is 12.0 Å². The van der Waals surface area contributed by atoms with Crippen LogP contribution in [-0.2, 0) is 17.8 Å². The second kappa shape index (κ2) is 8.23. The van der Waals surface area contributed by atoms with E-state index in [0.717, 1.165) is 36.7 Å². The van der Waals surface area contributed by atoms with E-state index in [-0.39, 0.29) is 0 Å². The van der Waals surface area contributed by atoms with Crippen molar-refractivity contribution in [1.82, 2.24) is 15.3 Å². The minimum absolute atomic E-state index is 0.482. The van der Waals surface area contributed by atoms with Crippen molar-refractivity contribution in [2.45, 2.75) is 47.1 Å². The SMILES string of the molecule is CCCNCC(C)Cc1c(C)nc(COC)nc1C. The number of nitrogens with one attached hydrogen (secondary N) is 1. The minimum atomic E-state index is 0.482. The van der Waals surface area contributed by atoms with Crippen LogP contribution in [0, 0.1) is 19.8 Å². The second-order valence-electron chi connectivity index (χ2n) is 5.24. The number of hydrogen-bond donors (Lipinski definition) is 1. The van der Waals surface area contributed by atoms with Gasteiger partial charge in [-0.25, -0.2) is 9.97 Å². The van der Waals surface area contributed by atoms with Crippen molar-refractivity contribution < 1.29 is 4.74 Å². The molecule has 0 aliphatic rings. The number of nitrogens with zero attached hydrogens (tertiary/aromatic N) is 2. The van der Waals surface area contributed by atoms with E-state index in [9.17, 15) is 0 Å². The lowest BCUT2D eigenvalue weighted by atomic mass is 9.98. The summed E-state index contributed by atoms with van der Waals surface area (Å²) in [5, 5.41) is 3.46. The molecule has 4 heteroatoms. The van der Waals surface area contributed by atoms with Crippen LogP contribution >= 0.6 is 0 Å². The lowest BCUT2D eigenvalue weighted by Crippen LogP contribution is -2.23. The summed E-state index contributed by atoms with van der Waals surface area (Å²) in [7, 11) is 1.67. The standard InChI is InChI=1S/C15H27N3O/c1-6-7-16-9-11(2)8-14-12(3)17-15(10-19-5)18-13(14)4/h11,16H,6-10H2,1-5H3. The number of aromatic nitrogens is 2. The third-order valence-electron chi connectivity index (χ3n) is 3.21. The first-order valence-corrected chi connectivity index (χ1v) is 7.11. The van der Waals surface area contributed by atoms with Gasteiger partial charge in [0.1, 0.15) is 6.61 Å². The molecule has 1 N–H and O–H groups in total. The third-order valence-corrected chi connectivity index (χ3v) is 3.21. The van der Waals surface area contributed by atoms with Gasteiger partial charge in [-0.3, -0.25) is 0 Å². The fourth-order valence-electron chi connectivity index (χ4n) is 2.24. The Kier molecular flexibility index (Phi) is 6.95. The minimum Gasteiger partial charge on any atom is -0.377 e. The average Bonchev–Trinajstić information content (AvgIpc) is 2.34. The van der Waals surface area contributed by atoms with Gasteiger partial charge in [-0.15, -0.1) is 0 Å². The zero-order valence-corrected chi connectivity index (χ0v) is 12.9. The highest BCUT2D eigenvalue weighted by Crippen LogP contribution is 2.15. The molecule has 0 radical (unpaired) electrons. The topological polar surface area (TPSA) is 47.0 Å². The molecule has 1 rings (SSSR count). The van der Waals surface area contributed by atoms with E-state index >= 15 is 0 Å². The van der Waals surface area contributed by atoms with Crippen LogP contribution in [0.2, 0.25) is 0 Å². The molecule has 19 heavy (non-hydrogen) atoms. The molecule has 4 nitrogen and oxygen atoms in total. The van der Waals surface area contributed by atoms with E-state index in [2.05, 4.69) is 43.0 Å². The van der Waals surface area contributed by atoms with E-state index in [1.807, 2.05) is 0 Å². The number of aryl methyl sites for hydroxylation is 2. The second-order valence-corrected chi connectivity index (χ2v) is 5.24. The monoisotopic (exact) mass is 265 g/mol. The summed E-state index contributed by atoms with van der Waals surface area (Å²) in [5.74, 6) is 1.37. The molecule has 0 saturated heterocycles. The zero-order valence-electron chi connectivity index (χ0n) is 12.9. The molecule has 1 aromatic heterocycles. The summed E-state index contributed by atoms with van der Waals surface area (Å²) in [5.41, 5.74) is 3.45. The Bertz CT molecular complexity index is 370. The first kappa shape index (κ1) is 16.1. The number of rotatable bonds is 8. The fraction of sp³-hybridized carbons (Fsp3) is 0.733. The lowest BCUT2D eigenvalue weighted by Gasteiger charge is -2.16. The van der Waals surface area contributed by atoms with Crippen LogP contribution in [0.25, 0.3) is 0 Å². The van der Waals surface area contributed by atoms with Crippen LogP contribution in [0.5, 0.6) is 0 Å². The highest BCUT2D eigenvalue weighted by molar-refractivity contribution is 5.24. The van der Waals surface area contributed by atoms with E-state index in [0.29, 0.717) is 12.5 Å². The van der Waals surface area contributed by atoms with Crippen molar-refractivity contribution in [3.05, 3.63) is 22.8 Å². The largest absolute Gasteiger partial charge is 0.377 e. The molecular formula is C15H27N3O. The first-order chi connectivity index (χ1) is 9.08. The molecule has 108 valence electrons. The van der Waals surface area contributed by atoms with Crippen molar-refractivity contribution >= 4 is 0 Å². The number of ether oxygens (including phenoxy) is 1. The van der Waals surface area contributed by atoms with Crippen molar-refractivity contribution in [2.24, 2.45) is 5.92 Å². The van der Waals surface area contributed by atoms with Crippen LogP contribution in [0.4, 0.5) is 0 Å². The number of methoxy groups -OCH3 is 1. The predicted octanol–water partition coefficient (Wildman–Crippen LogP) is 2.42. The van der Waals surface area contributed by atoms with E-state index in [1.54, 1.807) is 7.11 Å². The summed E-state index contributed by atoms with van der Waals surface area (Å²) < 4.78 is 5.09. The maximum absolute atomic E-state index is 5.09. The molecule has 1 atom stereocenters. The molecular weight excluding hydrogens is 238 g/mol. The van der Waals surface area contributed by atoms with Gasteiger partial charge in [0.05, 0.1) is 0 Å². The molecule has 1 unspecified atom stereocenters. The molecule has 0 bridgehead atoms. The summed E-state index contributed by atoms with van der Waals surface area (Å²) in [6.07, 6.45) is 2.21. The third kappa shape index (κ3) is 5.25. The zero-order chi connectivity index (χ0) is 14.3. The van der Waals surface area contributed by atoms with Crippen LogP contribution < -0.4 is 5.32 Å². The maximum atomic E-state index is 5.09. The van der Waals surface area contributed by atoms with Gasteiger partial charge in [-0.05, 0) is 51.3 Å². The molecule has 0 saturated carbocycles. The van der Waals surface area contributed by atoms with Gasteiger partial charge in [0.25, 0.3) is 0 Å². The Morgan fingerprint density at radius 2 is 1.84 bits per heavy atom. The Labute approximate surface area is 117 Å². The molecule has 0 aliphatic carbocycles. The highest BCUT2D eigenvalue weighted by Gasteiger charge is 2.12. The predicted molar refractivity (Wildman–Crippen MR) is 78.2 cm³/mol. The molecule has 0 aliphatic heterocycles. The van der Waals surface area contributed by atoms with Gasteiger partial charge in [-0.1, -0.05) is 13.8 Å². The van der Waals surface area contributed by atoms with Crippen molar-refractivity contribution in [3.63, 3.8) is 0 Å². The summed E-state index contributed by atoms with van der Waals surface area (Å²) >= 11 is 0.